The molecule has 0 aliphatic carbocycles. The summed E-state index contributed by atoms with van der Waals surface area (Å²) in [6.07, 6.45) is 1.61. The van der Waals surface area contributed by atoms with Gasteiger partial charge in [0.1, 0.15) is 12.4 Å². The van der Waals surface area contributed by atoms with Crippen molar-refractivity contribution >= 4 is 35.2 Å². The van der Waals surface area contributed by atoms with Gasteiger partial charge in [-0.1, -0.05) is 84.6 Å². The van der Waals surface area contributed by atoms with Crippen molar-refractivity contribution < 1.29 is 9.53 Å². The number of hydrogen-bond donors (Lipinski definition) is 1. The van der Waals surface area contributed by atoms with Crippen LogP contribution in [0.25, 0.3) is 11.3 Å². The second kappa shape index (κ2) is 11.3. The average molecular weight is 460 g/mol. The Morgan fingerprint density at radius 2 is 1.81 bits per heavy atom. The molecule has 1 amide bonds. The van der Waals surface area contributed by atoms with Gasteiger partial charge in [0, 0.05) is 10.9 Å². The summed E-state index contributed by atoms with van der Waals surface area (Å²) in [7, 11) is 0. The van der Waals surface area contributed by atoms with Gasteiger partial charge in [-0.25, -0.2) is 10.4 Å². The summed E-state index contributed by atoms with van der Waals surface area (Å²) in [5.41, 5.74) is 6.50. The van der Waals surface area contributed by atoms with Crippen molar-refractivity contribution in [1.29, 1.82) is 0 Å². The minimum atomic E-state index is -0.181. The van der Waals surface area contributed by atoms with Gasteiger partial charge in [0.15, 0.2) is 4.34 Å². The monoisotopic (exact) mass is 459 g/mol. The zero-order valence-corrected chi connectivity index (χ0v) is 18.8. The Labute approximate surface area is 195 Å². The predicted octanol–water partition coefficient (Wildman–Crippen LogP) is 5.63. The van der Waals surface area contributed by atoms with Crippen molar-refractivity contribution in [3.63, 3.8) is 0 Å². The van der Waals surface area contributed by atoms with Crippen LogP contribution in [0.2, 0.25) is 0 Å². The van der Waals surface area contributed by atoms with Crippen molar-refractivity contribution in [1.82, 2.24) is 10.4 Å². The lowest BCUT2D eigenvalue weighted by Crippen LogP contribution is -2.19. The second-order valence-corrected chi connectivity index (χ2v) is 8.87. The summed E-state index contributed by atoms with van der Waals surface area (Å²) in [5.74, 6) is 0.816. The number of rotatable bonds is 9. The third-order valence-electron chi connectivity index (χ3n) is 4.39. The molecule has 4 rings (SSSR count). The summed E-state index contributed by atoms with van der Waals surface area (Å²) in [6.45, 7) is 0.498. The summed E-state index contributed by atoms with van der Waals surface area (Å²) >= 11 is 2.93. The number of hydrogen-bond acceptors (Lipinski definition) is 6. The lowest BCUT2D eigenvalue weighted by atomic mass is 10.2. The molecule has 1 N–H and O–H groups in total. The molecule has 0 fully saturated rings. The summed E-state index contributed by atoms with van der Waals surface area (Å²) in [4.78, 5) is 16.7. The van der Waals surface area contributed by atoms with Crippen LogP contribution in [0.3, 0.4) is 0 Å². The molecule has 0 spiro atoms. The van der Waals surface area contributed by atoms with Gasteiger partial charge >= 0.3 is 0 Å². The van der Waals surface area contributed by atoms with Crippen molar-refractivity contribution in [2.75, 3.05) is 5.75 Å². The van der Waals surface area contributed by atoms with E-state index in [1.807, 2.05) is 90.3 Å². The van der Waals surface area contributed by atoms with Crippen molar-refractivity contribution in [3.8, 4) is 17.0 Å². The number of benzene rings is 3. The first-order valence-corrected chi connectivity index (χ1v) is 11.9. The van der Waals surface area contributed by atoms with E-state index in [1.54, 1.807) is 6.21 Å². The van der Waals surface area contributed by atoms with E-state index in [1.165, 1.54) is 23.1 Å². The number of carbonyl (C=O) groups is 1. The van der Waals surface area contributed by atoms with Crippen LogP contribution in [0.15, 0.2) is 99.8 Å². The van der Waals surface area contributed by atoms with Crippen LogP contribution in [0.4, 0.5) is 0 Å². The number of thioether (sulfide) groups is 1. The predicted molar refractivity (Wildman–Crippen MR) is 131 cm³/mol. The highest BCUT2D eigenvalue weighted by molar-refractivity contribution is 8.01. The Kier molecular flexibility index (Phi) is 7.68. The van der Waals surface area contributed by atoms with E-state index >= 15 is 0 Å². The Morgan fingerprint density at radius 1 is 1.03 bits per heavy atom. The van der Waals surface area contributed by atoms with E-state index in [4.69, 9.17) is 4.74 Å². The Balaban J connectivity index is 1.23. The maximum absolute atomic E-state index is 12.1. The molecule has 3 aromatic carbocycles. The van der Waals surface area contributed by atoms with Gasteiger partial charge in [-0.05, 0) is 23.3 Å². The molecule has 1 aromatic heterocycles. The largest absolute Gasteiger partial charge is 0.489 e. The smallest absolute Gasteiger partial charge is 0.250 e. The first kappa shape index (κ1) is 21.8. The maximum Gasteiger partial charge on any atom is 0.250 e. The van der Waals surface area contributed by atoms with Gasteiger partial charge < -0.3 is 4.74 Å². The van der Waals surface area contributed by atoms with Crippen LogP contribution in [-0.2, 0) is 11.4 Å². The standard InChI is InChI=1S/C25H21N3O2S2/c29-24(18-32-25-27-23(17-31-25)21-11-5-2-6-12-21)28-26-15-20-10-7-13-22(14-20)30-16-19-8-3-1-4-9-19/h1-15,17H,16,18H2,(H,28,29)/b26-15+. The Morgan fingerprint density at radius 3 is 2.62 bits per heavy atom. The van der Waals surface area contributed by atoms with E-state index in [9.17, 15) is 4.79 Å². The van der Waals surface area contributed by atoms with Crippen LogP contribution >= 0.6 is 23.1 Å². The first-order valence-electron chi connectivity index (χ1n) is 9.99. The molecule has 1 heterocycles. The Hall–Kier alpha value is -3.42. The normalized spacial score (nSPS) is 10.9. The van der Waals surface area contributed by atoms with Gasteiger partial charge in [0.05, 0.1) is 17.7 Å². The molecular weight excluding hydrogens is 438 g/mol. The summed E-state index contributed by atoms with van der Waals surface area (Å²) in [6, 6.07) is 27.6. The molecule has 7 heteroatoms. The van der Waals surface area contributed by atoms with Gasteiger partial charge in [-0.3, -0.25) is 4.79 Å². The van der Waals surface area contributed by atoms with Crippen molar-refractivity contribution in [2.24, 2.45) is 5.10 Å². The van der Waals surface area contributed by atoms with Gasteiger partial charge in [-0.2, -0.15) is 5.10 Å². The molecule has 0 atom stereocenters. The highest BCUT2D eigenvalue weighted by Crippen LogP contribution is 2.27. The molecule has 4 aromatic rings. The maximum atomic E-state index is 12.1. The van der Waals surface area contributed by atoms with E-state index in [0.29, 0.717) is 6.61 Å². The minimum absolute atomic E-state index is 0.181. The number of carbonyl (C=O) groups excluding carboxylic acids is 1. The number of amides is 1. The van der Waals surface area contributed by atoms with Gasteiger partial charge in [-0.15, -0.1) is 11.3 Å². The molecule has 0 saturated heterocycles. The van der Waals surface area contributed by atoms with Gasteiger partial charge in [0.2, 0.25) is 0 Å². The molecule has 32 heavy (non-hydrogen) atoms. The fraction of sp³-hybridized carbons (Fsp3) is 0.0800. The van der Waals surface area contributed by atoms with E-state index in [0.717, 1.165) is 32.5 Å². The minimum Gasteiger partial charge on any atom is -0.489 e. The van der Waals surface area contributed by atoms with E-state index in [2.05, 4.69) is 15.5 Å². The highest BCUT2D eigenvalue weighted by Gasteiger charge is 2.07. The third-order valence-corrected chi connectivity index (χ3v) is 6.41. The quantitative estimate of drug-likeness (QED) is 0.200. The molecule has 0 saturated carbocycles. The molecule has 0 aliphatic rings. The average Bonchev–Trinajstić information content (AvgIpc) is 3.32. The zero-order valence-electron chi connectivity index (χ0n) is 17.2. The van der Waals surface area contributed by atoms with E-state index < -0.39 is 0 Å². The Bertz CT molecular complexity index is 1180. The van der Waals surface area contributed by atoms with Crippen LogP contribution in [0.5, 0.6) is 5.75 Å². The number of nitrogens with zero attached hydrogens (tertiary/aromatic N) is 2. The number of nitrogens with one attached hydrogen (secondary N) is 1. The molecule has 0 unspecified atom stereocenters. The van der Waals surface area contributed by atoms with Crippen LogP contribution < -0.4 is 10.2 Å². The molecule has 160 valence electrons. The fourth-order valence-electron chi connectivity index (χ4n) is 2.83. The topological polar surface area (TPSA) is 63.6 Å². The second-order valence-electron chi connectivity index (χ2n) is 6.79. The zero-order chi connectivity index (χ0) is 22.0. The highest BCUT2D eigenvalue weighted by atomic mass is 32.2. The van der Waals surface area contributed by atoms with Crippen LogP contribution in [0.1, 0.15) is 11.1 Å². The number of aromatic nitrogens is 1. The number of ether oxygens (including phenoxy) is 1. The SMILES string of the molecule is O=C(CSc1nc(-c2ccccc2)cs1)N/N=C/c1cccc(OCc2ccccc2)c1. The van der Waals surface area contributed by atoms with Crippen LogP contribution in [0, 0.1) is 0 Å². The molecule has 0 bridgehead atoms. The molecular formula is C25H21N3O2S2. The van der Waals surface area contributed by atoms with Crippen molar-refractivity contribution in [3.05, 3.63) is 101 Å². The fourth-order valence-corrected chi connectivity index (χ4v) is 4.46. The first-order chi connectivity index (χ1) is 15.8. The van der Waals surface area contributed by atoms with Gasteiger partial charge in [0.25, 0.3) is 5.91 Å². The number of thiazole rings is 1. The number of hydrazone groups is 1. The van der Waals surface area contributed by atoms with Crippen LogP contribution in [-0.4, -0.2) is 22.9 Å². The lowest BCUT2D eigenvalue weighted by Gasteiger charge is -2.06. The summed E-state index contributed by atoms with van der Waals surface area (Å²) in [5, 5.41) is 6.06. The van der Waals surface area contributed by atoms with E-state index in [-0.39, 0.29) is 11.7 Å². The molecule has 0 radical (unpaired) electrons. The molecule has 0 aliphatic heterocycles. The third kappa shape index (κ3) is 6.54. The summed E-state index contributed by atoms with van der Waals surface area (Å²) < 4.78 is 6.68. The van der Waals surface area contributed by atoms with Crippen molar-refractivity contribution in [2.45, 2.75) is 10.9 Å². The lowest BCUT2D eigenvalue weighted by molar-refractivity contribution is -0.118. The molecule has 5 nitrogen and oxygen atoms in total.